The molecule has 0 radical (unpaired) electrons. The number of nitrogens with one attached hydrogen (secondary N) is 1. The third-order valence-corrected chi connectivity index (χ3v) is 6.13. The Bertz CT molecular complexity index is 445. The van der Waals surface area contributed by atoms with Gasteiger partial charge in [-0.05, 0) is 66.1 Å². The van der Waals surface area contributed by atoms with Crippen molar-refractivity contribution in [1.29, 1.82) is 0 Å². The van der Waals surface area contributed by atoms with Crippen molar-refractivity contribution in [3.63, 3.8) is 0 Å². The van der Waals surface area contributed by atoms with E-state index >= 15 is 0 Å². The zero-order chi connectivity index (χ0) is 14.0. The van der Waals surface area contributed by atoms with E-state index in [1.165, 1.54) is 11.3 Å². The molecule has 1 aromatic heterocycles. The van der Waals surface area contributed by atoms with E-state index in [0.717, 1.165) is 35.0 Å². The standard InChI is InChI=1S/C14H20BrNO2S/c1-9-3-5-14(8-17,6-4-9)16-13(18)11-7-10(2)12(15)19-11/h7,9,17H,3-6,8H2,1-2H3,(H,16,18). The Balaban J connectivity index is 2.08. The van der Waals surface area contributed by atoms with Gasteiger partial charge in [0.15, 0.2) is 0 Å². The van der Waals surface area contributed by atoms with E-state index in [-0.39, 0.29) is 12.5 Å². The first-order valence-corrected chi connectivity index (χ1v) is 8.26. The lowest BCUT2D eigenvalue weighted by atomic mass is 9.77. The minimum absolute atomic E-state index is 0.0248. The summed E-state index contributed by atoms with van der Waals surface area (Å²) in [6.45, 7) is 4.22. The molecule has 0 aromatic carbocycles. The molecule has 2 rings (SSSR count). The van der Waals surface area contributed by atoms with Crippen molar-refractivity contribution in [2.45, 2.75) is 45.1 Å². The van der Waals surface area contributed by atoms with Crippen molar-refractivity contribution in [3.8, 4) is 0 Å². The second kappa shape index (κ2) is 5.94. The summed E-state index contributed by atoms with van der Waals surface area (Å²) in [6, 6.07) is 1.89. The SMILES string of the molecule is Cc1cc(C(=O)NC2(CO)CCC(C)CC2)sc1Br. The molecule has 3 nitrogen and oxygen atoms in total. The number of aliphatic hydroxyl groups is 1. The molecule has 5 heteroatoms. The van der Waals surface area contributed by atoms with Crippen molar-refractivity contribution in [2.75, 3.05) is 6.61 Å². The number of amides is 1. The monoisotopic (exact) mass is 345 g/mol. The number of aliphatic hydroxyl groups excluding tert-OH is 1. The molecule has 0 aliphatic heterocycles. The summed E-state index contributed by atoms with van der Waals surface area (Å²) < 4.78 is 0.993. The maximum absolute atomic E-state index is 12.3. The van der Waals surface area contributed by atoms with E-state index in [0.29, 0.717) is 10.8 Å². The van der Waals surface area contributed by atoms with Crippen LogP contribution in [0.1, 0.15) is 47.8 Å². The van der Waals surface area contributed by atoms with E-state index in [2.05, 4.69) is 28.2 Å². The normalized spacial score (nSPS) is 27.3. The summed E-state index contributed by atoms with van der Waals surface area (Å²) in [6.07, 6.45) is 3.85. The van der Waals surface area contributed by atoms with E-state index in [9.17, 15) is 9.90 Å². The van der Waals surface area contributed by atoms with Crippen molar-refractivity contribution >= 4 is 33.2 Å². The van der Waals surface area contributed by atoms with Gasteiger partial charge in [0.1, 0.15) is 0 Å². The van der Waals surface area contributed by atoms with Crippen LogP contribution in [0, 0.1) is 12.8 Å². The molecule has 1 saturated carbocycles. The maximum atomic E-state index is 12.3. The average molecular weight is 346 g/mol. The molecule has 0 saturated heterocycles. The number of carbonyl (C=O) groups is 1. The third kappa shape index (κ3) is 3.38. The van der Waals surface area contributed by atoms with E-state index < -0.39 is 5.54 Å². The largest absolute Gasteiger partial charge is 0.394 e. The maximum Gasteiger partial charge on any atom is 0.261 e. The van der Waals surface area contributed by atoms with Crippen LogP contribution in [-0.4, -0.2) is 23.2 Å². The molecule has 0 unspecified atom stereocenters. The van der Waals surface area contributed by atoms with Crippen LogP contribution in [0.3, 0.4) is 0 Å². The highest BCUT2D eigenvalue weighted by Gasteiger charge is 2.35. The fourth-order valence-corrected chi connectivity index (χ4v) is 3.94. The highest BCUT2D eigenvalue weighted by atomic mass is 79.9. The molecule has 1 aromatic rings. The number of rotatable bonds is 3. The average Bonchev–Trinajstić information content (AvgIpc) is 2.73. The first-order chi connectivity index (χ1) is 8.96. The zero-order valence-electron chi connectivity index (χ0n) is 11.3. The van der Waals surface area contributed by atoms with E-state index in [4.69, 9.17) is 0 Å². The molecule has 19 heavy (non-hydrogen) atoms. The quantitative estimate of drug-likeness (QED) is 0.880. The van der Waals surface area contributed by atoms with Gasteiger partial charge in [-0.15, -0.1) is 11.3 Å². The number of halogens is 1. The predicted octanol–water partition coefficient (Wildman–Crippen LogP) is 3.49. The Kier molecular flexibility index (Phi) is 4.69. The summed E-state index contributed by atoms with van der Waals surface area (Å²) in [5.41, 5.74) is 0.652. The minimum atomic E-state index is -0.423. The van der Waals surface area contributed by atoms with Crippen LogP contribution in [0.2, 0.25) is 0 Å². The summed E-state index contributed by atoms with van der Waals surface area (Å²) in [4.78, 5) is 13.0. The Morgan fingerprint density at radius 1 is 1.58 bits per heavy atom. The molecule has 1 heterocycles. The second-order valence-electron chi connectivity index (χ2n) is 5.64. The van der Waals surface area contributed by atoms with Crippen LogP contribution in [0.25, 0.3) is 0 Å². The minimum Gasteiger partial charge on any atom is -0.394 e. The number of thiophene rings is 1. The van der Waals surface area contributed by atoms with Crippen LogP contribution < -0.4 is 5.32 Å². The van der Waals surface area contributed by atoms with Gasteiger partial charge in [-0.1, -0.05) is 6.92 Å². The Morgan fingerprint density at radius 3 is 2.68 bits per heavy atom. The van der Waals surface area contributed by atoms with Crippen molar-refractivity contribution in [2.24, 2.45) is 5.92 Å². The summed E-state index contributed by atoms with van der Waals surface area (Å²) in [5.74, 6) is 0.622. The zero-order valence-corrected chi connectivity index (χ0v) is 13.7. The van der Waals surface area contributed by atoms with Crippen LogP contribution in [0.4, 0.5) is 0 Å². The van der Waals surface area contributed by atoms with Gasteiger partial charge in [-0.3, -0.25) is 4.79 Å². The number of hydrogen-bond donors (Lipinski definition) is 2. The van der Waals surface area contributed by atoms with Crippen LogP contribution in [0.5, 0.6) is 0 Å². The summed E-state index contributed by atoms with van der Waals surface area (Å²) in [5, 5.41) is 12.7. The lowest BCUT2D eigenvalue weighted by Gasteiger charge is -2.38. The Morgan fingerprint density at radius 2 is 2.21 bits per heavy atom. The second-order valence-corrected chi connectivity index (χ2v) is 8.01. The van der Waals surface area contributed by atoms with Gasteiger partial charge in [0.05, 0.1) is 20.8 Å². The predicted molar refractivity (Wildman–Crippen MR) is 81.7 cm³/mol. The third-order valence-electron chi connectivity index (χ3n) is 3.99. The van der Waals surface area contributed by atoms with Crippen LogP contribution >= 0.6 is 27.3 Å². The van der Waals surface area contributed by atoms with Crippen LogP contribution in [-0.2, 0) is 0 Å². The smallest absolute Gasteiger partial charge is 0.261 e. The molecule has 0 atom stereocenters. The molecule has 1 aliphatic rings. The fraction of sp³-hybridized carbons (Fsp3) is 0.643. The van der Waals surface area contributed by atoms with Gasteiger partial charge in [-0.2, -0.15) is 0 Å². The first-order valence-electron chi connectivity index (χ1n) is 6.65. The molecule has 106 valence electrons. The summed E-state index contributed by atoms with van der Waals surface area (Å²) in [7, 11) is 0. The van der Waals surface area contributed by atoms with Crippen molar-refractivity contribution in [3.05, 3.63) is 20.3 Å². The lowest BCUT2D eigenvalue weighted by Crippen LogP contribution is -2.53. The van der Waals surface area contributed by atoms with E-state index in [1.54, 1.807) is 0 Å². The van der Waals surface area contributed by atoms with Gasteiger partial charge in [0.2, 0.25) is 0 Å². The number of carbonyl (C=O) groups excluding carboxylic acids is 1. The first kappa shape index (κ1) is 15.0. The van der Waals surface area contributed by atoms with Gasteiger partial charge in [-0.25, -0.2) is 0 Å². The molecular formula is C14H20BrNO2S. The highest BCUT2D eigenvalue weighted by molar-refractivity contribution is 9.11. The van der Waals surface area contributed by atoms with Crippen LogP contribution in [0.15, 0.2) is 9.85 Å². The Hall–Kier alpha value is -0.390. The highest BCUT2D eigenvalue weighted by Crippen LogP contribution is 2.33. The van der Waals surface area contributed by atoms with Gasteiger partial charge < -0.3 is 10.4 Å². The lowest BCUT2D eigenvalue weighted by molar-refractivity contribution is 0.0720. The molecule has 0 bridgehead atoms. The van der Waals surface area contributed by atoms with Gasteiger partial charge in [0.25, 0.3) is 5.91 Å². The molecule has 2 N–H and O–H groups in total. The number of hydrogen-bond acceptors (Lipinski definition) is 3. The van der Waals surface area contributed by atoms with Crippen molar-refractivity contribution < 1.29 is 9.90 Å². The molecule has 1 amide bonds. The molecule has 1 aliphatic carbocycles. The molecule has 0 spiro atoms. The number of aryl methyl sites for hydroxylation is 1. The van der Waals surface area contributed by atoms with E-state index in [1.807, 2.05) is 13.0 Å². The molecule has 1 fully saturated rings. The van der Waals surface area contributed by atoms with Gasteiger partial charge in [0, 0.05) is 0 Å². The molecular weight excluding hydrogens is 326 g/mol. The Labute approximate surface area is 126 Å². The van der Waals surface area contributed by atoms with Gasteiger partial charge >= 0.3 is 0 Å². The topological polar surface area (TPSA) is 49.3 Å². The fourth-order valence-electron chi connectivity index (χ4n) is 2.51. The van der Waals surface area contributed by atoms with Crippen molar-refractivity contribution in [1.82, 2.24) is 5.32 Å². The summed E-state index contributed by atoms with van der Waals surface area (Å²) >= 11 is 4.88.